The van der Waals surface area contributed by atoms with Crippen LogP contribution in [0.15, 0.2) is 24.3 Å². The first kappa shape index (κ1) is 16.8. The number of nitrogens with zero attached hydrogens (tertiary/aromatic N) is 2. The van der Waals surface area contributed by atoms with Crippen LogP contribution in [0.3, 0.4) is 0 Å². The van der Waals surface area contributed by atoms with Gasteiger partial charge in [-0.05, 0) is 31.5 Å². The van der Waals surface area contributed by atoms with Gasteiger partial charge in [-0.2, -0.15) is 0 Å². The maximum Gasteiger partial charge on any atom is 0.237 e. The summed E-state index contributed by atoms with van der Waals surface area (Å²) < 4.78 is 0. The molecule has 2 amide bonds. The maximum absolute atomic E-state index is 12.2. The average molecular weight is 330 g/mol. The van der Waals surface area contributed by atoms with Crippen LogP contribution in [0.4, 0.5) is 5.69 Å². The molecule has 1 aromatic rings. The van der Waals surface area contributed by atoms with Crippen molar-refractivity contribution < 1.29 is 9.59 Å². The van der Waals surface area contributed by atoms with Crippen molar-refractivity contribution in [3.05, 3.63) is 29.8 Å². The van der Waals surface area contributed by atoms with Crippen molar-refractivity contribution in [1.29, 1.82) is 0 Å². The van der Waals surface area contributed by atoms with E-state index in [-0.39, 0.29) is 24.3 Å². The van der Waals surface area contributed by atoms with Crippen molar-refractivity contribution in [1.82, 2.24) is 15.5 Å². The van der Waals surface area contributed by atoms with E-state index < -0.39 is 0 Å². The highest BCUT2D eigenvalue weighted by atomic mass is 16.2. The summed E-state index contributed by atoms with van der Waals surface area (Å²) in [5.74, 6) is -0.113. The minimum absolute atomic E-state index is 0.0520. The molecule has 6 heteroatoms. The third kappa shape index (κ3) is 3.87. The van der Waals surface area contributed by atoms with E-state index in [1.54, 1.807) is 0 Å². The van der Waals surface area contributed by atoms with Crippen molar-refractivity contribution in [3.63, 3.8) is 0 Å². The molecule has 1 fully saturated rings. The van der Waals surface area contributed by atoms with Gasteiger partial charge in [-0.3, -0.25) is 14.5 Å². The van der Waals surface area contributed by atoms with Crippen LogP contribution in [0.1, 0.15) is 18.4 Å². The lowest BCUT2D eigenvalue weighted by Crippen LogP contribution is -2.55. The molecule has 6 nitrogen and oxygen atoms in total. The molecular formula is C18H26N4O2. The molecule has 0 saturated carbocycles. The molecule has 24 heavy (non-hydrogen) atoms. The van der Waals surface area contributed by atoms with Crippen molar-refractivity contribution in [3.8, 4) is 0 Å². The van der Waals surface area contributed by atoms with Crippen LogP contribution in [-0.2, 0) is 16.0 Å². The van der Waals surface area contributed by atoms with E-state index in [1.807, 2.05) is 11.9 Å². The van der Waals surface area contributed by atoms with Crippen LogP contribution >= 0.6 is 0 Å². The number of carbonyl (C=O) groups excluding carboxylic acids is 2. The van der Waals surface area contributed by atoms with Crippen molar-refractivity contribution in [2.75, 3.05) is 44.7 Å². The van der Waals surface area contributed by atoms with Gasteiger partial charge in [0.1, 0.15) is 0 Å². The van der Waals surface area contributed by atoms with Gasteiger partial charge in [-0.1, -0.05) is 18.2 Å². The molecule has 2 aliphatic heterocycles. The van der Waals surface area contributed by atoms with E-state index in [1.165, 1.54) is 11.3 Å². The summed E-state index contributed by atoms with van der Waals surface area (Å²) in [6.45, 7) is 3.87. The zero-order valence-electron chi connectivity index (χ0n) is 14.3. The zero-order chi connectivity index (χ0) is 16.9. The number of hydrogen-bond acceptors (Lipinski definition) is 4. The fraction of sp³-hybridized carbons (Fsp3) is 0.556. The first-order valence-electron chi connectivity index (χ1n) is 8.72. The van der Waals surface area contributed by atoms with Gasteiger partial charge in [0.15, 0.2) is 0 Å². The Morgan fingerprint density at radius 2 is 2.17 bits per heavy atom. The Morgan fingerprint density at radius 3 is 3.00 bits per heavy atom. The third-order valence-electron chi connectivity index (χ3n) is 4.89. The number of nitrogens with one attached hydrogen (secondary N) is 2. The number of anilines is 1. The molecule has 0 radical (unpaired) electrons. The normalized spacial score (nSPS) is 21.1. The molecule has 1 atom stereocenters. The fourth-order valence-electron chi connectivity index (χ4n) is 3.50. The SMILES string of the molecule is CN1CCNC(=O)[C@@H]1CC(=O)NCCN1CCCc2ccccc21. The Kier molecular flexibility index (Phi) is 5.35. The molecule has 1 aromatic carbocycles. The second-order valence-corrected chi connectivity index (χ2v) is 6.56. The Labute approximate surface area is 143 Å². The van der Waals surface area contributed by atoms with Gasteiger partial charge in [0.2, 0.25) is 11.8 Å². The number of para-hydroxylation sites is 1. The number of likely N-dealkylation sites (N-methyl/N-ethyl adjacent to an activating group) is 1. The summed E-state index contributed by atoms with van der Waals surface area (Å²) in [5.41, 5.74) is 2.67. The van der Waals surface area contributed by atoms with E-state index in [4.69, 9.17) is 0 Å². The van der Waals surface area contributed by atoms with E-state index >= 15 is 0 Å². The highest BCUT2D eigenvalue weighted by molar-refractivity contribution is 5.88. The number of hydrogen-bond donors (Lipinski definition) is 2. The van der Waals surface area contributed by atoms with Crippen molar-refractivity contribution >= 4 is 17.5 Å². The Bertz CT molecular complexity index is 604. The summed E-state index contributed by atoms with van der Waals surface area (Å²) in [4.78, 5) is 28.3. The minimum Gasteiger partial charge on any atom is -0.370 e. The second-order valence-electron chi connectivity index (χ2n) is 6.56. The van der Waals surface area contributed by atoms with E-state index in [2.05, 4.69) is 39.8 Å². The number of benzene rings is 1. The predicted molar refractivity (Wildman–Crippen MR) is 94.0 cm³/mol. The van der Waals surface area contributed by atoms with Gasteiger partial charge in [-0.15, -0.1) is 0 Å². The van der Waals surface area contributed by atoms with Gasteiger partial charge >= 0.3 is 0 Å². The number of carbonyl (C=O) groups is 2. The van der Waals surface area contributed by atoms with Gasteiger partial charge in [0, 0.05) is 38.4 Å². The lowest BCUT2D eigenvalue weighted by Gasteiger charge is -2.32. The quantitative estimate of drug-likeness (QED) is 0.819. The number of fused-ring (bicyclic) bond motifs is 1. The van der Waals surface area contributed by atoms with Gasteiger partial charge in [0.25, 0.3) is 0 Å². The summed E-state index contributed by atoms with van der Waals surface area (Å²) in [5, 5.41) is 5.78. The molecule has 0 aliphatic carbocycles. The van der Waals surface area contributed by atoms with E-state index in [0.29, 0.717) is 13.1 Å². The molecule has 0 aromatic heterocycles. The lowest BCUT2D eigenvalue weighted by molar-refractivity contribution is -0.133. The first-order chi connectivity index (χ1) is 11.6. The summed E-state index contributed by atoms with van der Waals surface area (Å²) in [7, 11) is 1.89. The average Bonchev–Trinajstić information content (AvgIpc) is 2.58. The monoisotopic (exact) mass is 330 g/mol. The zero-order valence-corrected chi connectivity index (χ0v) is 14.3. The second kappa shape index (κ2) is 7.66. The van der Waals surface area contributed by atoms with Crippen LogP contribution in [0.2, 0.25) is 0 Å². The van der Waals surface area contributed by atoms with Crippen molar-refractivity contribution in [2.24, 2.45) is 0 Å². The molecule has 1 saturated heterocycles. The highest BCUT2D eigenvalue weighted by Gasteiger charge is 2.28. The molecular weight excluding hydrogens is 304 g/mol. The molecule has 0 spiro atoms. The smallest absolute Gasteiger partial charge is 0.237 e. The summed E-state index contributed by atoms with van der Waals surface area (Å²) in [6, 6.07) is 8.12. The molecule has 3 rings (SSSR count). The Balaban J connectivity index is 1.47. The number of aryl methyl sites for hydroxylation is 1. The van der Waals surface area contributed by atoms with E-state index in [9.17, 15) is 9.59 Å². The Hall–Kier alpha value is -2.08. The minimum atomic E-state index is -0.352. The fourth-order valence-corrected chi connectivity index (χ4v) is 3.50. The topological polar surface area (TPSA) is 64.7 Å². The summed E-state index contributed by atoms with van der Waals surface area (Å²) >= 11 is 0. The molecule has 2 N–H and O–H groups in total. The lowest BCUT2D eigenvalue weighted by atomic mass is 10.0. The molecule has 2 heterocycles. The first-order valence-corrected chi connectivity index (χ1v) is 8.72. The van der Waals surface area contributed by atoms with Gasteiger partial charge in [0.05, 0.1) is 12.5 Å². The van der Waals surface area contributed by atoms with Gasteiger partial charge in [-0.25, -0.2) is 0 Å². The van der Waals surface area contributed by atoms with E-state index in [0.717, 1.165) is 32.5 Å². The summed E-state index contributed by atoms with van der Waals surface area (Å²) in [6.07, 6.45) is 2.50. The molecule has 0 bridgehead atoms. The van der Waals surface area contributed by atoms with Crippen LogP contribution in [0.5, 0.6) is 0 Å². The van der Waals surface area contributed by atoms with Gasteiger partial charge < -0.3 is 15.5 Å². The van der Waals surface area contributed by atoms with Crippen LogP contribution in [0.25, 0.3) is 0 Å². The predicted octanol–water partition coefficient (Wildman–Crippen LogP) is 0.376. The van der Waals surface area contributed by atoms with Crippen molar-refractivity contribution in [2.45, 2.75) is 25.3 Å². The Morgan fingerprint density at radius 1 is 1.33 bits per heavy atom. The third-order valence-corrected chi connectivity index (χ3v) is 4.89. The number of amides is 2. The molecule has 2 aliphatic rings. The number of piperazine rings is 1. The van der Waals surface area contributed by atoms with Crippen LogP contribution < -0.4 is 15.5 Å². The highest BCUT2D eigenvalue weighted by Crippen LogP contribution is 2.25. The maximum atomic E-state index is 12.2. The largest absolute Gasteiger partial charge is 0.370 e. The van der Waals surface area contributed by atoms with Crippen LogP contribution in [0, 0.1) is 0 Å². The molecule has 130 valence electrons. The number of rotatable bonds is 5. The molecule has 0 unspecified atom stereocenters. The standard InChI is InChI=1S/C18H26N4O2/c1-21-11-8-20-18(24)16(21)13-17(23)19-9-12-22-10-4-6-14-5-2-3-7-15(14)22/h2-3,5,7,16H,4,6,8-13H2,1H3,(H,19,23)(H,20,24)/t16-/m0/s1. The van der Waals surface area contributed by atoms with Crippen LogP contribution in [-0.4, -0.2) is 62.5 Å².